The quantitative estimate of drug-likeness (QED) is 0.197. The van der Waals surface area contributed by atoms with Crippen molar-refractivity contribution < 1.29 is 42.1 Å². The Morgan fingerprint density at radius 1 is 1.17 bits per heavy atom. The number of hydrogen-bond donors (Lipinski definition) is 0. The van der Waals surface area contributed by atoms with Crippen LogP contribution in [0.2, 0.25) is 0 Å². The van der Waals surface area contributed by atoms with E-state index in [1.54, 1.807) is 12.2 Å². The molecule has 0 radical (unpaired) electrons. The second-order valence-corrected chi connectivity index (χ2v) is 9.68. The molecule has 0 aromatic carbocycles. The van der Waals surface area contributed by atoms with Gasteiger partial charge in [-0.1, -0.05) is 25.3 Å². The summed E-state index contributed by atoms with van der Waals surface area (Å²) < 4.78 is 52.5. The van der Waals surface area contributed by atoms with E-state index in [0.717, 1.165) is 6.42 Å². The molecule has 3 rings (SSSR count). The number of ether oxygens (including phenoxy) is 4. The highest BCUT2D eigenvalue weighted by Crippen LogP contribution is 2.48. The van der Waals surface area contributed by atoms with Crippen molar-refractivity contribution in [2.24, 2.45) is 11.8 Å². The van der Waals surface area contributed by atoms with Crippen LogP contribution in [0.5, 0.6) is 0 Å². The molecule has 3 aliphatic rings. The number of carbonyl (C=O) groups is 3. The summed E-state index contributed by atoms with van der Waals surface area (Å²) in [5, 5.41) is 0. The second-order valence-electron chi connectivity index (χ2n) is 9.68. The molecule has 0 bridgehead atoms. The van der Waals surface area contributed by atoms with Crippen LogP contribution in [0.25, 0.3) is 0 Å². The maximum Gasteiger partial charge on any atom is 0.305 e. The third-order valence-corrected chi connectivity index (χ3v) is 7.14. The van der Waals surface area contributed by atoms with Gasteiger partial charge in [-0.15, -0.1) is 0 Å². The van der Waals surface area contributed by atoms with E-state index in [-0.39, 0.29) is 31.0 Å². The number of methoxy groups -OCH3 is 1. The van der Waals surface area contributed by atoms with Crippen LogP contribution < -0.4 is 0 Å². The first kappa shape index (κ1) is 27.1. The van der Waals surface area contributed by atoms with Crippen molar-refractivity contribution >= 4 is 17.9 Å². The molecule has 2 aliphatic carbocycles. The Hall–Kier alpha value is -2.45. The van der Waals surface area contributed by atoms with Crippen LogP contribution in [0.4, 0.5) is 8.78 Å². The Bertz CT molecular complexity index is 834. The minimum absolute atomic E-state index is 0.204. The number of carbonyl (C=O) groups excluding carboxylic acids is 3. The van der Waals surface area contributed by atoms with Crippen LogP contribution in [0.3, 0.4) is 0 Å². The number of hydrogen-bond acceptors (Lipinski definition) is 7. The van der Waals surface area contributed by atoms with Gasteiger partial charge in [0.1, 0.15) is 18.0 Å². The van der Waals surface area contributed by atoms with E-state index >= 15 is 8.78 Å². The summed E-state index contributed by atoms with van der Waals surface area (Å²) in [4.78, 5) is 34.7. The highest BCUT2D eigenvalue weighted by molar-refractivity contribution is 5.69. The van der Waals surface area contributed by atoms with Gasteiger partial charge in [0.05, 0.1) is 7.11 Å². The van der Waals surface area contributed by atoms with Crippen LogP contribution in [0.1, 0.15) is 71.6 Å². The van der Waals surface area contributed by atoms with Crippen molar-refractivity contribution in [3.8, 4) is 0 Å². The zero-order chi connectivity index (χ0) is 25.6. The molecule has 6 unspecified atom stereocenters. The number of allylic oxidation sites excluding steroid dienone is 2. The van der Waals surface area contributed by atoms with Gasteiger partial charge in [0.25, 0.3) is 0 Å². The van der Waals surface area contributed by atoms with Crippen LogP contribution in [-0.4, -0.2) is 55.2 Å². The van der Waals surface area contributed by atoms with Gasteiger partial charge in [-0.25, -0.2) is 8.78 Å². The lowest BCUT2D eigenvalue weighted by Gasteiger charge is -2.35. The fourth-order valence-electron chi connectivity index (χ4n) is 5.47. The summed E-state index contributed by atoms with van der Waals surface area (Å²) in [5.74, 6) is -2.39. The molecule has 1 saturated heterocycles. The molecule has 35 heavy (non-hydrogen) atoms. The molecular formula is C26H36F2O7. The minimum atomic E-state index is -1.68. The molecule has 1 heterocycles. The summed E-state index contributed by atoms with van der Waals surface area (Å²) >= 11 is 0. The van der Waals surface area contributed by atoms with E-state index in [0.29, 0.717) is 32.1 Å². The molecule has 9 heteroatoms. The van der Waals surface area contributed by atoms with Crippen molar-refractivity contribution in [3.05, 3.63) is 24.0 Å². The van der Waals surface area contributed by atoms with Crippen molar-refractivity contribution in [2.75, 3.05) is 7.11 Å². The van der Waals surface area contributed by atoms with E-state index in [1.807, 2.05) is 0 Å². The molecule has 0 spiro atoms. The fraction of sp³-hybridized carbons (Fsp3) is 0.731. The van der Waals surface area contributed by atoms with Gasteiger partial charge in [0.2, 0.25) is 0 Å². The first-order valence-corrected chi connectivity index (χ1v) is 12.4. The summed E-state index contributed by atoms with van der Waals surface area (Å²) in [7, 11) is 1.32. The van der Waals surface area contributed by atoms with Crippen molar-refractivity contribution in [3.63, 3.8) is 0 Å². The lowest BCUT2D eigenvalue weighted by atomic mass is 9.81. The molecule has 0 amide bonds. The fourth-order valence-corrected chi connectivity index (χ4v) is 5.47. The lowest BCUT2D eigenvalue weighted by molar-refractivity contribution is -0.153. The number of unbranched alkanes of at least 4 members (excludes halogenated alkanes) is 1. The highest BCUT2D eigenvalue weighted by Gasteiger charge is 2.55. The van der Waals surface area contributed by atoms with Crippen LogP contribution in [-0.2, 0) is 33.3 Å². The number of esters is 3. The average molecular weight is 499 g/mol. The van der Waals surface area contributed by atoms with Crippen molar-refractivity contribution in [1.29, 1.82) is 0 Å². The molecular weight excluding hydrogens is 462 g/mol. The molecule has 6 atom stereocenters. The Morgan fingerprint density at radius 2 is 1.89 bits per heavy atom. The normalized spacial score (nSPS) is 31.6. The molecule has 1 aliphatic heterocycles. The number of alkyl halides is 2. The first-order valence-electron chi connectivity index (χ1n) is 12.4. The Kier molecular flexibility index (Phi) is 9.30. The smallest absolute Gasteiger partial charge is 0.305 e. The summed E-state index contributed by atoms with van der Waals surface area (Å²) in [6, 6.07) is 0. The SMILES string of the molecule is COC(=O)CCC/C=C1/OC2CC(OC(C)=O)C(/C=C/C(OC(C)=O)C3(F)CCCCC3)C2C1F. The Labute approximate surface area is 205 Å². The molecule has 196 valence electrons. The van der Waals surface area contributed by atoms with Gasteiger partial charge in [-0.05, 0) is 37.8 Å². The molecule has 7 nitrogen and oxygen atoms in total. The predicted octanol–water partition coefficient (Wildman–Crippen LogP) is 4.68. The third kappa shape index (κ3) is 6.82. The Morgan fingerprint density at radius 3 is 2.51 bits per heavy atom. The van der Waals surface area contributed by atoms with Gasteiger partial charge in [0.15, 0.2) is 17.9 Å². The van der Waals surface area contributed by atoms with E-state index in [9.17, 15) is 14.4 Å². The summed E-state index contributed by atoms with van der Waals surface area (Å²) in [5.41, 5.74) is -1.68. The van der Waals surface area contributed by atoms with E-state index < -0.39 is 53.9 Å². The van der Waals surface area contributed by atoms with E-state index in [1.165, 1.54) is 27.0 Å². The molecule has 3 fully saturated rings. The second kappa shape index (κ2) is 12.0. The van der Waals surface area contributed by atoms with Crippen molar-refractivity contribution in [2.45, 2.75) is 102 Å². The Balaban J connectivity index is 1.77. The molecule has 0 N–H and O–H groups in total. The van der Waals surface area contributed by atoms with Gasteiger partial charge in [-0.3, -0.25) is 14.4 Å². The molecule has 2 saturated carbocycles. The van der Waals surface area contributed by atoms with Crippen LogP contribution in [0.15, 0.2) is 24.0 Å². The predicted molar refractivity (Wildman–Crippen MR) is 122 cm³/mol. The molecule has 0 aromatic rings. The van der Waals surface area contributed by atoms with E-state index in [2.05, 4.69) is 4.74 Å². The summed E-state index contributed by atoms with van der Waals surface area (Å²) in [6.07, 6.45) is 5.53. The van der Waals surface area contributed by atoms with Gasteiger partial charge in [-0.2, -0.15) is 0 Å². The highest BCUT2D eigenvalue weighted by atomic mass is 19.1. The third-order valence-electron chi connectivity index (χ3n) is 7.14. The van der Waals surface area contributed by atoms with E-state index in [4.69, 9.17) is 14.2 Å². The topological polar surface area (TPSA) is 88.1 Å². The number of rotatable bonds is 9. The lowest BCUT2D eigenvalue weighted by Crippen LogP contribution is -2.41. The minimum Gasteiger partial charge on any atom is -0.491 e. The first-order chi connectivity index (χ1) is 16.6. The van der Waals surface area contributed by atoms with Gasteiger partial charge in [0, 0.05) is 38.5 Å². The standard InChI is InChI=1S/C26H36F2O7/c1-16(29)33-20-15-21-24(25(27)19(35-21)9-5-6-10-23(31)32-3)18(20)11-12-22(34-17(2)30)26(28)13-7-4-8-14-26/h9,11-12,18,20-22,24-25H,4-8,10,13-15H2,1-3H3/b12-11+,19-9+. The average Bonchev–Trinajstić information content (AvgIpc) is 3.29. The zero-order valence-electron chi connectivity index (χ0n) is 20.7. The van der Waals surface area contributed by atoms with Gasteiger partial charge >= 0.3 is 17.9 Å². The number of fused-ring (bicyclic) bond motifs is 1. The number of halogens is 2. The van der Waals surface area contributed by atoms with Crippen LogP contribution in [0, 0.1) is 11.8 Å². The maximum absolute atomic E-state index is 15.7. The largest absolute Gasteiger partial charge is 0.491 e. The van der Waals surface area contributed by atoms with Crippen molar-refractivity contribution in [1.82, 2.24) is 0 Å². The van der Waals surface area contributed by atoms with Gasteiger partial charge < -0.3 is 18.9 Å². The molecule has 0 aromatic heterocycles. The van der Waals surface area contributed by atoms with Crippen LogP contribution >= 0.6 is 0 Å². The zero-order valence-corrected chi connectivity index (χ0v) is 20.7. The summed E-state index contributed by atoms with van der Waals surface area (Å²) in [6.45, 7) is 2.52. The monoisotopic (exact) mass is 498 g/mol. The maximum atomic E-state index is 15.7.